The maximum Gasteiger partial charge on any atom is 0.0549 e. The molecule has 52 valence electrons. The lowest BCUT2D eigenvalue weighted by atomic mass is 10.0. The molecule has 0 heterocycles. The summed E-state index contributed by atoms with van der Waals surface area (Å²) in [5, 5.41) is 0.179. The van der Waals surface area contributed by atoms with Gasteiger partial charge in [0.05, 0.1) is 5.38 Å². The highest BCUT2D eigenvalue weighted by Gasteiger charge is 2.16. The van der Waals surface area contributed by atoms with Gasteiger partial charge in [-0.3, -0.25) is 0 Å². The van der Waals surface area contributed by atoms with E-state index in [1.165, 1.54) is 0 Å². The largest absolute Gasteiger partial charge is 0.402 e. The van der Waals surface area contributed by atoms with E-state index in [4.69, 9.17) is 28.9 Å². The van der Waals surface area contributed by atoms with Gasteiger partial charge in [-0.1, -0.05) is 0 Å². The average molecular weight is 166 g/mol. The second-order valence-electron chi connectivity index (χ2n) is 2.29. The standard InChI is InChI=1S/C6H9Cl2N/c7-4-1-5(8)3-6(9)2-4/h2,4-5H,1,3,9H2. The van der Waals surface area contributed by atoms with Crippen molar-refractivity contribution in [3.8, 4) is 0 Å². The van der Waals surface area contributed by atoms with E-state index in [-0.39, 0.29) is 10.8 Å². The molecule has 0 saturated heterocycles. The first-order valence-corrected chi connectivity index (χ1v) is 3.80. The van der Waals surface area contributed by atoms with Crippen LogP contribution >= 0.6 is 23.2 Å². The first-order valence-electron chi connectivity index (χ1n) is 2.93. The van der Waals surface area contributed by atoms with Crippen molar-refractivity contribution >= 4 is 23.2 Å². The fraction of sp³-hybridized carbons (Fsp3) is 0.667. The molecule has 0 spiro atoms. The molecule has 0 aliphatic heterocycles. The molecule has 0 bridgehead atoms. The summed E-state index contributed by atoms with van der Waals surface area (Å²) in [6, 6.07) is 0. The van der Waals surface area contributed by atoms with Crippen LogP contribution < -0.4 is 5.73 Å². The van der Waals surface area contributed by atoms with Gasteiger partial charge in [-0.05, 0) is 12.5 Å². The number of nitrogens with two attached hydrogens (primary N) is 1. The number of halogens is 2. The summed E-state index contributed by atoms with van der Waals surface area (Å²) in [7, 11) is 0. The molecule has 0 amide bonds. The van der Waals surface area contributed by atoms with Crippen LogP contribution in [0.15, 0.2) is 11.8 Å². The van der Waals surface area contributed by atoms with Crippen molar-refractivity contribution in [1.82, 2.24) is 0 Å². The molecule has 2 N–H and O–H groups in total. The molecule has 2 atom stereocenters. The normalized spacial score (nSPS) is 36.0. The van der Waals surface area contributed by atoms with Crippen LogP contribution in [0.25, 0.3) is 0 Å². The van der Waals surface area contributed by atoms with Crippen LogP contribution in [0.1, 0.15) is 12.8 Å². The lowest BCUT2D eigenvalue weighted by Crippen LogP contribution is -2.18. The summed E-state index contributed by atoms with van der Waals surface area (Å²) in [5.41, 5.74) is 6.33. The second kappa shape index (κ2) is 2.80. The van der Waals surface area contributed by atoms with Gasteiger partial charge in [0.2, 0.25) is 0 Å². The zero-order valence-corrected chi connectivity index (χ0v) is 6.49. The Bertz CT molecular complexity index is 133. The Morgan fingerprint density at radius 2 is 2.22 bits per heavy atom. The first-order chi connectivity index (χ1) is 4.18. The van der Waals surface area contributed by atoms with E-state index < -0.39 is 0 Å². The number of hydrogen-bond acceptors (Lipinski definition) is 1. The fourth-order valence-corrected chi connectivity index (χ4v) is 1.79. The van der Waals surface area contributed by atoms with Gasteiger partial charge >= 0.3 is 0 Å². The Hall–Kier alpha value is 0.120. The van der Waals surface area contributed by atoms with Gasteiger partial charge < -0.3 is 5.73 Å². The van der Waals surface area contributed by atoms with Crippen molar-refractivity contribution in [2.75, 3.05) is 0 Å². The zero-order valence-electron chi connectivity index (χ0n) is 4.98. The van der Waals surface area contributed by atoms with Gasteiger partial charge in [0, 0.05) is 17.5 Å². The molecule has 0 radical (unpaired) electrons. The topological polar surface area (TPSA) is 26.0 Å². The molecule has 0 aromatic heterocycles. The summed E-state index contributed by atoms with van der Waals surface area (Å²) >= 11 is 11.6. The molecule has 1 nitrogen and oxygen atoms in total. The van der Waals surface area contributed by atoms with E-state index in [0.717, 1.165) is 18.5 Å². The third-order valence-corrected chi connectivity index (χ3v) is 1.97. The van der Waals surface area contributed by atoms with Gasteiger partial charge in [-0.15, -0.1) is 23.2 Å². The van der Waals surface area contributed by atoms with Crippen LogP contribution in [0.4, 0.5) is 0 Å². The highest BCUT2D eigenvalue weighted by molar-refractivity contribution is 6.24. The smallest absolute Gasteiger partial charge is 0.0549 e. The number of hydrogen-bond donors (Lipinski definition) is 1. The summed E-state index contributed by atoms with van der Waals surface area (Å²) in [5.74, 6) is 0. The molecule has 9 heavy (non-hydrogen) atoms. The summed E-state index contributed by atoms with van der Waals surface area (Å²) < 4.78 is 0. The molecule has 0 aromatic carbocycles. The van der Waals surface area contributed by atoms with Gasteiger partial charge in [-0.2, -0.15) is 0 Å². The van der Waals surface area contributed by atoms with Crippen LogP contribution in [0.5, 0.6) is 0 Å². The highest BCUT2D eigenvalue weighted by atomic mass is 35.5. The summed E-state index contributed by atoms with van der Waals surface area (Å²) in [6.45, 7) is 0. The number of allylic oxidation sites excluding steroid dienone is 2. The lowest BCUT2D eigenvalue weighted by molar-refractivity contribution is 0.710. The minimum Gasteiger partial charge on any atom is -0.402 e. The maximum atomic E-state index is 5.80. The van der Waals surface area contributed by atoms with Crippen molar-refractivity contribution in [3.63, 3.8) is 0 Å². The van der Waals surface area contributed by atoms with Crippen LogP contribution in [0.2, 0.25) is 0 Å². The van der Waals surface area contributed by atoms with E-state index in [0.29, 0.717) is 0 Å². The number of alkyl halides is 2. The van der Waals surface area contributed by atoms with Crippen LogP contribution in [-0.4, -0.2) is 10.8 Å². The third kappa shape index (κ3) is 2.07. The van der Waals surface area contributed by atoms with Crippen molar-refractivity contribution < 1.29 is 0 Å². The van der Waals surface area contributed by atoms with E-state index >= 15 is 0 Å². The van der Waals surface area contributed by atoms with Crippen LogP contribution in [0, 0.1) is 0 Å². The van der Waals surface area contributed by atoms with Crippen LogP contribution in [-0.2, 0) is 0 Å². The Labute approximate surface area is 64.8 Å². The van der Waals surface area contributed by atoms with Gasteiger partial charge in [0.1, 0.15) is 0 Å². The first kappa shape index (κ1) is 7.23. The molecule has 2 unspecified atom stereocenters. The minimum absolute atomic E-state index is 0.0428. The Morgan fingerprint density at radius 3 is 2.67 bits per heavy atom. The van der Waals surface area contributed by atoms with Crippen molar-refractivity contribution in [3.05, 3.63) is 11.8 Å². The molecule has 3 heteroatoms. The third-order valence-electron chi connectivity index (χ3n) is 1.33. The van der Waals surface area contributed by atoms with Gasteiger partial charge in [-0.25, -0.2) is 0 Å². The van der Waals surface area contributed by atoms with E-state index in [9.17, 15) is 0 Å². The number of rotatable bonds is 0. The minimum atomic E-state index is 0.0428. The predicted molar refractivity (Wildman–Crippen MR) is 40.8 cm³/mol. The Kier molecular flexibility index (Phi) is 2.25. The second-order valence-corrected chi connectivity index (χ2v) is 3.47. The SMILES string of the molecule is NC1=CC(Cl)CC(Cl)C1. The highest BCUT2D eigenvalue weighted by Crippen LogP contribution is 2.23. The van der Waals surface area contributed by atoms with E-state index in [1.54, 1.807) is 0 Å². The Morgan fingerprint density at radius 1 is 1.56 bits per heavy atom. The van der Waals surface area contributed by atoms with Gasteiger partial charge in [0.15, 0.2) is 0 Å². The van der Waals surface area contributed by atoms with E-state index in [1.807, 2.05) is 6.08 Å². The molecule has 1 aliphatic rings. The monoisotopic (exact) mass is 165 g/mol. The van der Waals surface area contributed by atoms with Crippen molar-refractivity contribution in [1.29, 1.82) is 0 Å². The van der Waals surface area contributed by atoms with Gasteiger partial charge in [0.25, 0.3) is 0 Å². The molecule has 0 aromatic rings. The summed E-state index contributed by atoms with van der Waals surface area (Å²) in [4.78, 5) is 0. The lowest BCUT2D eigenvalue weighted by Gasteiger charge is -2.17. The molecule has 0 fully saturated rings. The average Bonchev–Trinajstić information content (AvgIpc) is 1.59. The van der Waals surface area contributed by atoms with Crippen molar-refractivity contribution in [2.45, 2.75) is 23.6 Å². The van der Waals surface area contributed by atoms with Crippen molar-refractivity contribution in [2.24, 2.45) is 5.73 Å². The predicted octanol–water partition coefficient (Wildman–Crippen LogP) is 1.84. The zero-order chi connectivity index (χ0) is 6.85. The molecular weight excluding hydrogens is 157 g/mol. The molecular formula is C6H9Cl2N. The maximum absolute atomic E-state index is 5.80. The fourth-order valence-electron chi connectivity index (χ4n) is 0.952. The van der Waals surface area contributed by atoms with E-state index in [2.05, 4.69) is 0 Å². The summed E-state index contributed by atoms with van der Waals surface area (Å²) in [6.07, 6.45) is 3.48. The quantitative estimate of drug-likeness (QED) is 0.546. The molecule has 0 saturated carbocycles. The Balaban J connectivity index is 2.56. The van der Waals surface area contributed by atoms with Crippen LogP contribution in [0.3, 0.4) is 0 Å². The molecule has 1 aliphatic carbocycles. The molecule has 1 rings (SSSR count).